The molecule has 0 saturated carbocycles. The van der Waals surface area contributed by atoms with Gasteiger partial charge in [-0.1, -0.05) is 11.6 Å². The number of ether oxygens (including phenoxy) is 1. The van der Waals surface area contributed by atoms with Crippen molar-refractivity contribution in [1.82, 2.24) is 10.2 Å². The molecule has 0 atom stereocenters. The summed E-state index contributed by atoms with van der Waals surface area (Å²) in [5.74, 6) is 0.789. The Balaban J connectivity index is 0.00000484. The van der Waals surface area contributed by atoms with Crippen molar-refractivity contribution in [3.8, 4) is 0 Å². The van der Waals surface area contributed by atoms with E-state index in [0.717, 1.165) is 15.2 Å². The van der Waals surface area contributed by atoms with Crippen molar-refractivity contribution in [2.75, 3.05) is 45.9 Å². The Kier molecular flexibility index (Phi) is 11.4. The van der Waals surface area contributed by atoms with Crippen LogP contribution in [0.4, 0.5) is 0 Å². The smallest absolute Gasteiger partial charge is 0.193 e. The van der Waals surface area contributed by atoms with Crippen LogP contribution < -0.4 is 5.32 Å². The molecule has 0 saturated heterocycles. The molecule has 0 aliphatic rings. The number of nitrogens with one attached hydrogen (secondary N) is 1. The van der Waals surface area contributed by atoms with Gasteiger partial charge >= 0.3 is 0 Å². The topological polar surface area (TPSA) is 71.0 Å². The van der Waals surface area contributed by atoms with Gasteiger partial charge in [0, 0.05) is 31.8 Å². The summed E-state index contributed by atoms with van der Waals surface area (Å²) in [5, 5.41) is 3.17. The predicted octanol–water partition coefficient (Wildman–Crippen LogP) is 2.09. The molecular formula is C13H23ClIN3O3S2. The molecule has 10 heteroatoms. The molecule has 0 aliphatic heterocycles. The van der Waals surface area contributed by atoms with Gasteiger partial charge in [-0.15, -0.1) is 35.3 Å². The predicted molar refractivity (Wildman–Crippen MR) is 108 cm³/mol. The molecular weight excluding hydrogens is 473 g/mol. The Morgan fingerprint density at radius 3 is 2.65 bits per heavy atom. The van der Waals surface area contributed by atoms with Gasteiger partial charge in [0.05, 0.1) is 29.8 Å². The van der Waals surface area contributed by atoms with Crippen LogP contribution in [0.5, 0.6) is 0 Å². The van der Waals surface area contributed by atoms with Gasteiger partial charge in [0.25, 0.3) is 0 Å². The van der Waals surface area contributed by atoms with E-state index in [0.29, 0.717) is 19.7 Å². The van der Waals surface area contributed by atoms with Crippen LogP contribution in [0.15, 0.2) is 17.1 Å². The standard InChI is InChI=1S/C13H22ClN3O3S2.HI/c1-15-13(16-6-7-20-8-9-22(3,18)19)17(2)10-11-4-5-12(14)21-11;/h4-5H,6-10H2,1-3H3,(H,15,16);1H. The summed E-state index contributed by atoms with van der Waals surface area (Å²) in [6.07, 6.45) is 1.20. The maximum absolute atomic E-state index is 11.0. The summed E-state index contributed by atoms with van der Waals surface area (Å²) in [5.41, 5.74) is 0. The summed E-state index contributed by atoms with van der Waals surface area (Å²) in [6, 6.07) is 3.87. The molecule has 1 heterocycles. The van der Waals surface area contributed by atoms with E-state index >= 15 is 0 Å². The summed E-state index contributed by atoms with van der Waals surface area (Å²) in [7, 11) is 0.686. The zero-order valence-corrected chi connectivity index (χ0v) is 18.1. The summed E-state index contributed by atoms with van der Waals surface area (Å²) in [4.78, 5) is 7.34. The Morgan fingerprint density at radius 1 is 1.43 bits per heavy atom. The molecule has 134 valence electrons. The second-order valence-corrected chi connectivity index (χ2v) is 8.84. The fourth-order valence-electron chi connectivity index (χ4n) is 1.68. The highest BCUT2D eigenvalue weighted by Crippen LogP contribution is 2.22. The van der Waals surface area contributed by atoms with Gasteiger partial charge in [-0.2, -0.15) is 0 Å². The average Bonchev–Trinajstić information content (AvgIpc) is 2.82. The molecule has 23 heavy (non-hydrogen) atoms. The van der Waals surface area contributed by atoms with Crippen LogP contribution in [-0.4, -0.2) is 65.1 Å². The van der Waals surface area contributed by atoms with Crippen LogP contribution in [0.1, 0.15) is 4.88 Å². The number of nitrogens with zero attached hydrogens (tertiary/aromatic N) is 2. The summed E-state index contributed by atoms with van der Waals surface area (Å²) < 4.78 is 28.0. The first kappa shape index (κ1) is 22.9. The minimum absolute atomic E-state index is 0. The highest BCUT2D eigenvalue weighted by atomic mass is 127. The maximum atomic E-state index is 11.0. The lowest BCUT2D eigenvalue weighted by molar-refractivity contribution is 0.153. The van der Waals surface area contributed by atoms with Gasteiger partial charge in [0.15, 0.2) is 5.96 Å². The fourth-order valence-corrected chi connectivity index (χ4v) is 3.24. The fraction of sp³-hybridized carbons (Fsp3) is 0.615. The van der Waals surface area contributed by atoms with Crippen LogP contribution in [0, 0.1) is 0 Å². The molecule has 0 aliphatic carbocycles. The third-order valence-corrected chi connectivity index (χ3v) is 4.85. The Hall–Kier alpha value is -0.1000. The zero-order chi connectivity index (χ0) is 16.6. The summed E-state index contributed by atoms with van der Waals surface area (Å²) in [6.45, 7) is 1.91. The Bertz CT molecular complexity index is 593. The van der Waals surface area contributed by atoms with Crippen LogP contribution in [0.25, 0.3) is 0 Å². The van der Waals surface area contributed by atoms with Crippen molar-refractivity contribution < 1.29 is 13.2 Å². The monoisotopic (exact) mass is 495 g/mol. The van der Waals surface area contributed by atoms with Gasteiger partial charge in [0.2, 0.25) is 0 Å². The summed E-state index contributed by atoms with van der Waals surface area (Å²) >= 11 is 7.46. The SMILES string of the molecule is CN=C(NCCOCCS(C)(=O)=O)N(C)Cc1ccc(Cl)s1.I. The van der Waals surface area contributed by atoms with Crippen molar-refractivity contribution in [3.05, 3.63) is 21.3 Å². The minimum atomic E-state index is -2.97. The quantitative estimate of drug-likeness (QED) is 0.259. The molecule has 0 aromatic carbocycles. The number of rotatable bonds is 8. The lowest BCUT2D eigenvalue weighted by Gasteiger charge is -2.21. The van der Waals surface area contributed by atoms with Crippen molar-refractivity contribution in [2.24, 2.45) is 4.99 Å². The molecule has 1 rings (SSSR count). The van der Waals surface area contributed by atoms with Crippen molar-refractivity contribution in [1.29, 1.82) is 0 Å². The lowest BCUT2D eigenvalue weighted by atomic mass is 10.4. The molecule has 1 N–H and O–H groups in total. The minimum Gasteiger partial charge on any atom is -0.379 e. The van der Waals surface area contributed by atoms with E-state index in [4.69, 9.17) is 16.3 Å². The number of hydrogen-bond donors (Lipinski definition) is 1. The van der Waals surface area contributed by atoms with E-state index in [9.17, 15) is 8.42 Å². The molecule has 6 nitrogen and oxygen atoms in total. The zero-order valence-electron chi connectivity index (χ0n) is 13.4. The molecule has 0 fully saturated rings. The highest BCUT2D eigenvalue weighted by Gasteiger charge is 2.08. The number of halogens is 2. The second kappa shape index (κ2) is 11.5. The van der Waals surface area contributed by atoms with Crippen LogP contribution in [0.2, 0.25) is 4.34 Å². The first-order valence-electron chi connectivity index (χ1n) is 6.73. The van der Waals surface area contributed by atoms with E-state index in [1.165, 1.54) is 6.26 Å². The van der Waals surface area contributed by atoms with E-state index in [1.54, 1.807) is 18.4 Å². The lowest BCUT2D eigenvalue weighted by Crippen LogP contribution is -2.39. The van der Waals surface area contributed by atoms with Gasteiger partial charge < -0.3 is 15.0 Å². The largest absolute Gasteiger partial charge is 0.379 e. The van der Waals surface area contributed by atoms with E-state index in [-0.39, 0.29) is 36.3 Å². The molecule has 0 bridgehead atoms. The first-order chi connectivity index (χ1) is 10.3. The van der Waals surface area contributed by atoms with Gasteiger partial charge in [0.1, 0.15) is 9.84 Å². The highest BCUT2D eigenvalue weighted by molar-refractivity contribution is 14.0. The van der Waals surface area contributed by atoms with Crippen molar-refractivity contribution >= 4 is 62.7 Å². The number of aliphatic imine (C=N–C) groups is 1. The third-order valence-electron chi connectivity index (χ3n) is 2.72. The molecule has 1 aromatic rings. The van der Waals surface area contributed by atoms with Gasteiger partial charge in [-0.05, 0) is 12.1 Å². The van der Waals surface area contributed by atoms with Crippen molar-refractivity contribution in [3.63, 3.8) is 0 Å². The average molecular weight is 496 g/mol. The second-order valence-electron chi connectivity index (χ2n) is 4.78. The molecule has 0 spiro atoms. The van der Waals surface area contributed by atoms with Crippen LogP contribution in [-0.2, 0) is 21.1 Å². The van der Waals surface area contributed by atoms with E-state index < -0.39 is 9.84 Å². The molecule has 0 radical (unpaired) electrons. The number of thiophene rings is 1. The first-order valence-corrected chi connectivity index (χ1v) is 9.99. The number of guanidine groups is 1. The van der Waals surface area contributed by atoms with Gasteiger partial charge in [-0.3, -0.25) is 4.99 Å². The normalized spacial score (nSPS) is 11.9. The van der Waals surface area contributed by atoms with Gasteiger partial charge in [-0.25, -0.2) is 8.42 Å². The van der Waals surface area contributed by atoms with Crippen LogP contribution in [0.3, 0.4) is 0 Å². The van der Waals surface area contributed by atoms with Crippen molar-refractivity contribution in [2.45, 2.75) is 6.54 Å². The Morgan fingerprint density at radius 2 is 2.13 bits per heavy atom. The molecule has 1 aromatic heterocycles. The third kappa shape index (κ3) is 10.4. The van der Waals surface area contributed by atoms with E-state index in [2.05, 4.69) is 10.3 Å². The molecule has 0 unspecified atom stereocenters. The number of hydrogen-bond acceptors (Lipinski definition) is 5. The maximum Gasteiger partial charge on any atom is 0.193 e. The van der Waals surface area contributed by atoms with E-state index in [1.807, 2.05) is 24.1 Å². The molecule has 0 amide bonds. The number of sulfone groups is 1. The van der Waals surface area contributed by atoms with Crippen LogP contribution >= 0.6 is 46.9 Å². The Labute approximate surface area is 164 Å².